The number of hydrogen-bond donors (Lipinski definition) is 1. The normalized spacial score (nSPS) is 16.8. The molecule has 0 bridgehead atoms. The number of ether oxygens (including phenoxy) is 1. The number of amides is 1. The van der Waals surface area contributed by atoms with Crippen molar-refractivity contribution in [2.24, 2.45) is 10.9 Å². The van der Waals surface area contributed by atoms with Gasteiger partial charge in [0.15, 0.2) is 0 Å². The molecule has 1 aliphatic rings. The van der Waals surface area contributed by atoms with Gasteiger partial charge in [-0.3, -0.25) is 19.4 Å². The van der Waals surface area contributed by atoms with E-state index in [0.29, 0.717) is 41.6 Å². The van der Waals surface area contributed by atoms with Crippen molar-refractivity contribution in [3.8, 4) is 5.75 Å². The van der Waals surface area contributed by atoms with Gasteiger partial charge in [0.05, 0.1) is 24.1 Å². The number of carbonyl (C=O) groups is 1. The van der Waals surface area contributed by atoms with Gasteiger partial charge in [0, 0.05) is 45.0 Å². The molecule has 0 aromatic heterocycles. The first kappa shape index (κ1) is 31.3. The van der Waals surface area contributed by atoms with Gasteiger partial charge in [-0.1, -0.05) is 39.3 Å². The van der Waals surface area contributed by atoms with Crippen molar-refractivity contribution in [1.29, 1.82) is 0 Å². The third-order valence-corrected chi connectivity index (χ3v) is 8.35. The Kier molecular flexibility index (Phi) is 12.3. The van der Waals surface area contributed by atoms with Crippen molar-refractivity contribution in [2.75, 3.05) is 44.6 Å². The molecule has 1 aromatic carbocycles. The number of hydrogen-bond acceptors (Lipinski definition) is 6. The highest BCUT2D eigenvalue weighted by atomic mass is 32.2. The second-order valence-corrected chi connectivity index (χ2v) is 11.1. The monoisotopic (exact) mass is 544 g/mol. The third-order valence-electron chi connectivity index (χ3n) is 6.91. The van der Waals surface area contributed by atoms with Crippen LogP contribution in [0.4, 0.5) is 5.69 Å². The number of methoxy groups -OCH3 is 1. The number of aliphatic imine (C=N–C) groups is 1. The summed E-state index contributed by atoms with van der Waals surface area (Å²) in [6.07, 6.45) is 8.20. The summed E-state index contributed by atoms with van der Waals surface area (Å²) in [7, 11) is -2.53. The van der Waals surface area contributed by atoms with Crippen LogP contribution in [-0.4, -0.2) is 70.2 Å². The lowest BCUT2D eigenvalue weighted by molar-refractivity contribution is 0.0610. The molecule has 1 N–H and O–H groups in total. The summed E-state index contributed by atoms with van der Waals surface area (Å²) in [6.45, 7) is 17.5. The van der Waals surface area contributed by atoms with Crippen LogP contribution >= 0.6 is 0 Å². The van der Waals surface area contributed by atoms with Crippen LogP contribution in [0.15, 0.2) is 58.1 Å². The Hall–Kier alpha value is -2.91. The molecule has 0 radical (unpaired) electrons. The van der Waals surface area contributed by atoms with Crippen LogP contribution < -0.4 is 9.46 Å². The summed E-state index contributed by atoms with van der Waals surface area (Å²) in [5.74, 6) is 0.889. The van der Waals surface area contributed by atoms with Crippen LogP contribution in [0.1, 0.15) is 64.2 Å². The predicted octanol–water partition coefficient (Wildman–Crippen LogP) is 5.48. The number of benzene rings is 1. The maximum absolute atomic E-state index is 13.3. The second-order valence-electron chi connectivity index (χ2n) is 9.45. The number of anilines is 1. The maximum atomic E-state index is 13.3. The van der Waals surface area contributed by atoms with Crippen LogP contribution in [0.2, 0.25) is 0 Å². The number of sulfonamides is 1. The number of allylic oxidation sites excluding steroid dienone is 3. The minimum atomic E-state index is -4.00. The fraction of sp³-hybridized carbons (Fsp3) is 0.517. The van der Waals surface area contributed by atoms with Crippen molar-refractivity contribution in [3.05, 3.63) is 58.7 Å². The number of carbonyl (C=O) groups excluding carboxylic acids is 1. The Bertz CT molecular complexity index is 1160. The molecule has 2 rings (SSSR count). The molecule has 1 heterocycles. The van der Waals surface area contributed by atoms with Gasteiger partial charge in [-0.15, -0.1) is 0 Å². The zero-order chi connectivity index (χ0) is 28.3. The molecule has 0 saturated carbocycles. The smallest absolute Gasteiger partial charge is 0.264 e. The largest absolute Gasteiger partial charge is 0.496 e. The van der Waals surface area contributed by atoms with E-state index in [4.69, 9.17) is 4.74 Å². The second kappa shape index (κ2) is 14.9. The molecular formula is C29H44N4O4S. The lowest BCUT2D eigenvalue weighted by Crippen LogP contribution is -2.49. The molecule has 1 aliphatic heterocycles. The Morgan fingerprint density at radius 3 is 2.42 bits per heavy atom. The van der Waals surface area contributed by atoms with E-state index in [1.807, 2.05) is 11.8 Å². The fourth-order valence-corrected chi connectivity index (χ4v) is 5.84. The first-order chi connectivity index (χ1) is 18.1. The maximum Gasteiger partial charge on any atom is 0.264 e. The molecule has 1 aromatic rings. The van der Waals surface area contributed by atoms with Gasteiger partial charge in [-0.25, -0.2) is 8.42 Å². The van der Waals surface area contributed by atoms with E-state index in [1.165, 1.54) is 44.7 Å². The van der Waals surface area contributed by atoms with Gasteiger partial charge in [-0.05, 0) is 56.9 Å². The number of rotatable bonds is 13. The summed E-state index contributed by atoms with van der Waals surface area (Å²) in [4.78, 5) is 21.8. The number of piperazine rings is 1. The van der Waals surface area contributed by atoms with E-state index in [1.54, 1.807) is 32.1 Å². The van der Waals surface area contributed by atoms with Crippen LogP contribution in [-0.2, 0) is 10.0 Å². The quantitative estimate of drug-likeness (QED) is 0.262. The lowest BCUT2D eigenvalue weighted by atomic mass is 10.00. The van der Waals surface area contributed by atoms with Gasteiger partial charge < -0.3 is 9.64 Å². The molecule has 1 saturated heterocycles. The van der Waals surface area contributed by atoms with Crippen LogP contribution in [0.5, 0.6) is 5.75 Å². The Morgan fingerprint density at radius 2 is 1.89 bits per heavy atom. The van der Waals surface area contributed by atoms with E-state index in [9.17, 15) is 13.2 Å². The predicted molar refractivity (Wildman–Crippen MR) is 157 cm³/mol. The SMILES string of the molecule is C=C/C(=C(/N=C\C)C(\C)=C/C)S(=O)(=O)Nc1ccc(C(=O)N2CCN(CC(CC)CCC)CC2)c(OC)c1. The zero-order valence-corrected chi connectivity index (χ0v) is 24.6. The summed E-state index contributed by atoms with van der Waals surface area (Å²) in [5.41, 5.74) is 1.71. The highest BCUT2D eigenvalue weighted by molar-refractivity contribution is 7.96. The minimum absolute atomic E-state index is 0.0348. The molecule has 1 fully saturated rings. The van der Waals surface area contributed by atoms with Gasteiger partial charge in [0.2, 0.25) is 0 Å². The Balaban J connectivity index is 2.21. The molecule has 0 spiro atoms. The van der Waals surface area contributed by atoms with Gasteiger partial charge in [0.25, 0.3) is 15.9 Å². The van der Waals surface area contributed by atoms with E-state index in [0.717, 1.165) is 19.6 Å². The van der Waals surface area contributed by atoms with Gasteiger partial charge in [-0.2, -0.15) is 0 Å². The molecule has 1 atom stereocenters. The molecular weight excluding hydrogens is 500 g/mol. The van der Waals surface area contributed by atoms with Crippen LogP contribution in [0, 0.1) is 5.92 Å². The molecule has 210 valence electrons. The first-order valence-electron chi connectivity index (χ1n) is 13.4. The summed E-state index contributed by atoms with van der Waals surface area (Å²) in [5, 5.41) is 0. The van der Waals surface area contributed by atoms with Crippen molar-refractivity contribution < 1.29 is 17.9 Å². The van der Waals surface area contributed by atoms with Crippen molar-refractivity contribution in [1.82, 2.24) is 9.80 Å². The standard InChI is InChI=1S/C29H44N4O4S/c1-8-13-23(10-3)21-32-16-18-33(19-17-32)29(34)25-15-14-24(20-26(25)37-7)31-38(35,36)27(11-4)28(30-12-5)22(6)9-2/h9,11-12,14-15,20,23,31H,4,8,10,13,16-19,21H2,1-3,5-7H3/b22-9-,28-27-,30-12-. The van der Waals surface area contributed by atoms with Crippen molar-refractivity contribution in [2.45, 2.75) is 53.9 Å². The number of nitrogens with zero attached hydrogens (tertiary/aromatic N) is 3. The molecule has 9 heteroatoms. The molecule has 38 heavy (non-hydrogen) atoms. The van der Waals surface area contributed by atoms with Gasteiger partial charge >= 0.3 is 0 Å². The lowest BCUT2D eigenvalue weighted by Gasteiger charge is -2.36. The molecule has 8 nitrogen and oxygen atoms in total. The summed E-state index contributed by atoms with van der Waals surface area (Å²) < 4.78 is 34.6. The first-order valence-corrected chi connectivity index (χ1v) is 14.8. The van der Waals surface area contributed by atoms with Crippen molar-refractivity contribution in [3.63, 3.8) is 0 Å². The van der Waals surface area contributed by atoms with Crippen LogP contribution in [0.25, 0.3) is 0 Å². The minimum Gasteiger partial charge on any atom is -0.496 e. The van der Waals surface area contributed by atoms with E-state index >= 15 is 0 Å². The van der Waals surface area contributed by atoms with E-state index in [-0.39, 0.29) is 16.5 Å². The van der Waals surface area contributed by atoms with Crippen molar-refractivity contribution >= 4 is 27.8 Å². The average Bonchev–Trinajstić information content (AvgIpc) is 2.91. The van der Waals surface area contributed by atoms with Crippen LogP contribution in [0.3, 0.4) is 0 Å². The summed E-state index contributed by atoms with van der Waals surface area (Å²) >= 11 is 0. The summed E-state index contributed by atoms with van der Waals surface area (Å²) in [6, 6.07) is 4.72. The highest BCUT2D eigenvalue weighted by Crippen LogP contribution is 2.28. The highest BCUT2D eigenvalue weighted by Gasteiger charge is 2.26. The molecule has 0 aliphatic carbocycles. The third kappa shape index (κ3) is 8.04. The van der Waals surface area contributed by atoms with E-state index in [2.05, 4.69) is 35.0 Å². The average molecular weight is 545 g/mol. The number of nitrogens with one attached hydrogen (secondary N) is 1. The zero-order valence-electron chi connectivity index (χ0n) is 23.8. The molecule has 1 amide bonds. The van der Waals surface area contributed by atoms with Gasteiger partial charge in [0.1, 0.15) is 10.7 Å². The Labute approximate surface area is 229 Å². The Morgan fingerprint density at radius 1 is 1.21 bits per heavy atom. The fourth-order valence-electron chi connectivity index (χ4n) is 4.60. The topological polar surface area (TPSA) is 91.3 Å². The van der Waals surface area contributed by atoms with E-state index < -0.39 is 10.0 Å². The molecule has 1 unspecified atom stereocenters.